The molecule has 1 aliphatic carbocycles. The van der Waals surface area contributed by atoms with Gasteiger partial charge in [-0.05, 0) is 25.2 Å². The van der Waals surface area contributed by atoms with Crippen molar-refractivity contribution < 1.29 is 19.0 Å². The number of carbonyl (C=O) groups excluding carboxylic acids is 1. The van der Waals surface area contributed by atoms with E-state index in [4.69, 9.17) is 19.9 Å². The number of carbonyl (C=O) groups is 1. The summed E-state index contributed by atoms with van der Waals surface area (Å²) in [6.45, 7) is 0. The van der Waals surface area contributed by atoms with Crippen LogP contribution in [0.15, 0.2) is 12.1 Å². The van der Waals surface area contributed by atoms with Crippen LogP contribution in [0.25, 0.3) is 0 Å². The predicted molar refractivity (Wildman–Crippen MR) is 93.9 cm³/mol. The number of hydrogen-bond donors (Lipinski definition) is 2. The maximum absolute atomic E-state index is 12.3. The minimum atomic E-state index is -0.0259. The van der Waals surface area contributed by atoms with Crippen LogP contribution in [0.4, 0.5) is 5.69 Å². The number of amides is 1. The molecule has 0 spiro atoms. The smallest absolute Gasteiger partial charge is 0.224 e. The van der Waals surface area contributed by atoms with E-state index in [1.807, 2.05) is 0 Å². The third-order valence-corrected chi connectivity index (χ3v) is 4.66. The quantitative estimate of drug-likeness (QED) is 0.800. The minimum Gasteiger partial charge on any atom is -0.493 e. The summed E-state index contributed by atoms with van der Waals surface area (Å²) in [5.74, 6) is 1.96. The van der Waals surface area contributed by atoms with Crippen molar-refractivity contribution in [3.63, 3.8) is 0 Å². The number of hydrogen-bond acceptors (Lipinski definition) is 5. The number of nitrogens with one attached hydrogen (secondary N) is 1. The second kappa shape index (κ2) is 8.78. The van der Waals surface area contributed by atoms with Gasteiger partial charge in [0.05, 0.1) is 21.3 Å². The van der Waals surface area contributed by atoms with Gasteiger partial charge in [0.2, 0.25) is 11.7 Å². The maximum atomic E-state index is 12.3. The Morgan fingerprint density at radius 2 is 1.75 bits per heavy atom. The molecule has 6 nitrogen and oxygen atoms in total. The standard InChI is InChI=1S/C18H28N2O4/c1-22-15-10-13(11-16(23-2)18(15)24-3)20-17(21)9-8-12-6-4-5-7-14(12)19/h10-12,14H,4-9,19H2,1-3H3,(H,20,21). The van der Waals surface area contributed by atoms with E-state index in [1.54, 1.807) is 33.5 Å². The summed E-state index contributed by atoms with van der Waals surface area (Å²) >= 11 is 0. The molecular formula is C18H28N2O4. The Morgan fingerprint density at radius 3 is 2.29 bits per heavy atom. The fourth-order valence-corrected chi connectivity index (χ4v) is 3.29. The highest BCUT2D eigenvalue weighted by Gasteiger charge is 2.22. The summed E-state index contributed by atoms with van der Waals surface area (Å²) in [7, 11) is 4.65. The molecule has 0 aromatic heterocycles. The Hall–Kier alpha value is -1.95. The average Bonchev–Trinajstić information content (AvgIpc) is 2.60. The van der Waals surface area contributed by atoms with Crippen LogP contribution in [0.5, 0.6) is 17.2 Å². The van der Waals surface area contributed by atoms with Crippen LogP contribution >= 0.6 is 0 Å². The van der Waals surface area contributed by atoms with Crippen molar-refractivity contribution >= 4 is 11.6 Å². The zero-order valence-corrected chi connectivity index (χ0v) is 14.8. The Bertz CT molecular complexity index is 537. The van der Waals surface area contributed by atoms with Crippen molar-refractivity contribution in [1.82, 2.24) is 0 Å². The van der Waals surface area contributed by atoms with Gasteiger partial charge in [-0.15, -0.1) is 0 Å². The molecule has 1 aliphatic rings. The lowest BCUT2D eigenvalue weighted by atomic mass is 9.82. The van der Waals surface area contributed by atoms with Gasteiger partial charge in [-0.1, -0.05) is 12.8 Å². The van der Waals surface area contributed by atoms with E-state index in [1.165, 1.54) is 12.8 Å². The number of ether oxygens (including phenoxy) is 3. The van der Waals surface area contributed by atoms with Crippen molar-refractivity contribution in [2.75, 3.05) is 26.6 Å². The average molecular weight is 336 g/mol. The van der Waals surface area contributed by atoms with Crippen LogP contribution in [0.2, 0.25) is 0 Å². The lowest BCUT2D eigenvalue weighted by molar-refractivity contribution is -0.116. The molecule has 24 heavy (non-hydrogen) atoms. The molecule has 2 unspecified atom stereocenters. The largest absolute Gasteiger partial charge is 0.493 e. The van der Waals surface area contributed by atoms with Gasteiger partial charge in [-0.3, -0.25) is 4.79 Å². The molecule has 2 atom stereocenters. The Balaban J connectivity index is 1.98. The molecule has 1 fully saturated rings. The molecule has 1 aromatic carbocycles. The molecule has 0 aliphatic heterocycles. The number of nitrogens with two attached hydrogens (primary N) is 1. The normalized spacial score (nSPS) is 20.3. The topological polar surface area (TPSA) is 82.8 Å². The fourth-order valence-electron chi connectivity index (χ4n) is 3.29. The third-order valence-electron chi connectivity index (χ3n) is 4.66. The number of benzene rings is 1. The fraction of sp³-hybridized carbons (Fsp3) is 0.611. The van der Waals surface area contributed by atoms with Crippen LogP contribution in [-0.4, -0.2) is 33.3 Å². The van der Waals surface area contributed by atoms with Gasteiger partial charge >= 0.3 is 0 Å². The van der Waals surface area contributed by atoms with E-state index in [0.717, 1.165) is 19.3 Å². The van der Waals surface area contributed by atoms with Gasteiger partial charge in [0.15, 0.2) is 11.5 Å². The Morgan fingerprint density at radius 1 is 1.12 bits per heavy atom. The first-order valence-electron chi connectivity index (χ1n) is 8.44. The molecule has 0 heterocycles. The van der Waals surface area contributed by atoms with Crippen molar-refractivity contribution in [2.45, 2.75) is 44.6 Å². The second-order valence-corrected chi connectivity index (χ2v) is 6.21. The molecular weight excluding hydrogens is 308 g/mol. The van der Waals surface area contributed by atoms with Crippen molar-refractivity contribution in [3.05, 3.63) is 12.1 Å². The zero-order valence-electron chi connectivity index (χ0n) is 14.8. The summed E-state index contributed by atoms with van der Waals surface area (Å²) in [4.78, 5) is 12.3. The summed E-state index contributed by atoms with van der Waals surface area (Å²) in [6.07, 6.45) is 5.91. The first-order valence-corrected chi connectivity index (χ1v) is 8.44. The van der Waals surface area contributed by atoms with Gasteiger partial charge in [0.25, 0.3) is 0 Å². The van der Waals surface area contributed by atoms with E-state index in [9.17, 15) is 4.79 Å². The third kappa shape index (κ3) is 4.54. The number of anilines is 1. The van der Waals surface area contributed by atoms with Crippen LogP contribution < -0.4 is 25.3 Å². The van der Waals surface area contributed by atoms with Crippen molar-refractivity contribution in [2.24, 2.45) is 11.7 Å². The van der Waals surface area contributed by atoms with Gasteiger partial charge in [-0.25, -0.2) is 0 Å². The highest BCUT2D eigenvalue weighted by atomic mass is 16.5. The highest BCUT2D eigenvalue weighted by molar-refractivity contribution is 5.91. The molecule has 0 bridgehead atoms. The van der Waals surface area contributed by atoms with Gasteiger partial charge in [0, 0.05) is 30.3 Å². The summed E-state index contributed by atoms with van der Waals surface area (Å²) in [5, 5.41) is 2.90. The van der Waals surface area contributed by atoms with Crippen LogP contribution in [-0.2, 0) is 4.79 Å². The molecule has 1 aromatic rings. The van der Waals surface area contributed by atoms with E-state index in [0.29, 0.717) is 35.3 Å². The highest BCUT2D eigenvalue weighted by Crippen LogP contribution is 2.40. The Kier molecular flexibility index (Phi) is 6.73. The summed E-state index contributed by atoms with van der Waals surface area (Å²) in [5.41, 5.74) is 6.77. The van der Waals surface area contributed by atoms with Gasteiger partial charge < -0.3 is 25.3 Å². The maximum Gasteiger partial charge on any atom is 0.224 e. The second-order valence-electron chi connectivity index (χ2n) is 6.21. The Labute approximate surface area is 143 Å². The molecule has 0 radical (unpaired) electrons. The first kappa shape index (κ1) is 18.4. The monoisotopic (exact) mass is 336 g/mol. The van der Waals surface area contributed by atoms with Gasteiger partial charge in [0.1, 0.15) is 0 Å². The molecule has 6 heteroatoms. The molecule has 1 saturated carbocycles. The molecule has 134 valence electrons. The van der Waals surface area contributed by atoms with Crippen LogP contribution in [0.3, 0.4) is 0 Å². The zero-order chi connectivity index (χ0) is 17.5. The van der Waals surface area contributed by atoms with Gasteiger partial charge in [-0.2, -0.15) is 0 Å². The first-order chi connectivity index (χ1) is 11.6. The molecule has 0 saturated heterocycles. The molecule has 3 N–H and O–H groups in total. The van der Waals surface area contributed by atoms with Crippen molar-refractivity contribution in [3.8, 4) is 17.2 Å². The van der Waals surface area contributed by atoms with E-state index < -0.39 is 0 Å². The molecule has 2 rings (SSSR count). The SMILES string of the molecule is COc1cc(NC(=O)CCC2CCCCC2N)cc(OC)c1OC. The summed E-state index contributed by atoms with van der Waals surface area (Å²) in [6, 6.07) is 3.68. The van der Waals surface area contributed by atoms with Crippen LogP contribution in [0, 0.1) is 5.92 Å². The molecule has 1 amide bonds. The lowest BCUT2D eigenvalue weighted by Crippen LogP contribution is -2.33. The number of methoxy groups -OCH3 is 3. The minimum absolute atomic E-state index is 0.0259. The van der Waals surface area contributed by atoms with Crippen LogP contribution in [0.1, 0.15) is 38.5 Å². The predicted octanol–water partition coefficient (Wildman–Crippen LogP) is 2.95. The van der Waals surface area contributed by atoms with E-state index >= 15 is 0 Å². The van der Waals surface area contributed by atoms with E-state index in [-0.39, 0.29) is 11.9 Å². The van der Waals surface area contributed by atoms with Crippen molar-refractivity contribution in [1.29, 1.82) is 0 Å². The lowest BCUT2D eigenvalue weighted by Gasteiger charge is -2.28. The summed E-state index contributed by atoms with van der Waals surface area (Å²) < 4.78 is 15.9. The number of rotatable bonds is 7. The van der Waals surface area contributed by atoms with E-state index in [2.05, 4.69) is 5.32 Å².